The maximum Gasteiger partial charge on any atom is 0.225 e. The third-order valence-corrected chi connectivity index (χ3v) is 6.54. The van der Waals surface area contributed by atoms with Gasteiger partial charge in [-0.05, 0) is 56.5 Å². The first-order chi connectivity index (χ1) is 13.7. The van der Waals surface area contributed by atoms with Gasteiger partial charge in [0.05, 0.1) is 20.3 Å². The van der Waals surface area contributed by atoms with E-state index in [4.69, 9.17) is 21.1 Å². The number of fused-ring (bicyclic) bond motifs is 1. The molecule has 1 aromatic rings. The van der Waals surface area contributed by atoms with Crippen LogP contribution in [0.4, 0.5) is 0 Å². The lowest BCUT2D eigenvalue weighted by molar-refractivity contribution is -0.141. The molecule has 4 rings (SSSR count). The van der Waals surface area contributed by atoms with E-state index in [2.05, 4.69) is 11.0 Å². The molecule has 2 aliphatic heterocycles. The van der Waals surface area contributed by atoms with Crippen LogP contribution < -0.4 is 4.74 Å². The number of carbonyl (C=O) groups is 1. The molecular weight excluding hydrogens is 376 g/mol. The van der Waals surface area contributed by atoms with E-state index in [0.717, 1.165) is 74.7 Å². The molecule has 3 aliphatic rings. The van der Waals surface area contributed by atoms with Crippen LogP contribution in [0, 0.1) is 5.92 Å². The summed E-state index contributed by atoms with van der Waals surface area (Å²) in [6.45, 7) is 5.77. The van der Waals surface area contributed by atoms with Crippen molar-refractivity contribution in [2.24, 2.45) is 5.92 Å². The Hall–Kier alpha value is -1.56. The van der Waals surface area contributed by atoms with Gasteiger partial charge in [0.25, 0.3) is 0 Å². The van der Waals surface area contributed by atoms with Gasteiger partial charge in [0.2, 0.25) is 5.91 Å². The Morgan fingerprint density at radius 2 is 1.93 bits per heavy atom. The molecule has 1 aromatic carbocycles. The zero-order valence-corrected chi connectivity index (χ0v) is 17.3. The maximum absolute atomic E-state index is 12.7. The van der Waals surface area contributed by atoms with Gasteiger partial charge in [0.1, 0.15) is 5.75 Å². The molecule has 5 nitrogen and oxygen atoms in total. The number of morpholine rings is 1. The molecule has 1 amide bonds. The zero-order valence-electron chi connectivity index (χ0n) is 16.6. The number of halogens is 1. The van der Waals surface area contributed by atoms with Gasteiger partial charge in [0, 0.05) is 36.1 Å². The summed E-state index contributed by atoms with van der Waals surface area (Å²) in [5.41, 5.74) is 3.74. The van der Waals surface area contributed by atoms with Gasteiger partial charge in [-0.1, -0.05) is 23.3 Å². The fraction of sp³-hybridized carbons (Fsp3) is 0.591. The molecule has 0 radical (unpaired) electrons. The highest BCUT2D eigenvalue weighted by Gasteiger charge is 2.30. The van der Waals surface area contributed by atoms with E-state index in [9.17, 15) is 4.79 Å². The quantitative estimate of drug-likeness (QED) is 0.772. The standard InChI is InChI=1S/C22H29ClN2O3/c1-27-21-5-4-20(23)19-14-16(2-3-18(19)21)15-24-8-6-17(7-9-24)22(26)25-10-12-28-13-11-25/h4-5,14,17H,2-3,6-13,15H2,1H3. The predicted octanol–water partition coefficient (Wildman–Crippen LogP) is 3.25. The minimum Gasteiger partial charge on any atom is -0.496 e. The van der Waals surface area contributed by atoms with E-state index in [1.165, 1.54) is 11.1 Å². The van der Waals surface area contributed by atoms with Crippen molar-refractivity contribution < 1.29 is 14.3 Å². The second kappa shape index (κ2) is 8.85. The van der Waals surface area contributed by atoms with E-state index in [-0.39, 0.29) is 5.92 Å². The van der Waals surface area contributed by atoms with Crippen LogP contribution in [-0.2, 0) is 16.0 Å². The molecular formula is C22H29ClN2O3. The van der Waals surface area contributed by atoms with Crippen molar-refractivity contribution in [1.29, 1.82) is 0 Å². The van der Waals surface area contributed by atoms with E-state index in [0.29, 0.717) is 19.1 Å². The number of ether oxygens (including phenoxy) is 2. The molecule has 28 heavy (non-hydrogen) atoms. The van der Waals surface area contributed by atoms with Crippen molar-refractivity contribution in [3.05, 3.63) is 33.9 Å². The van der Waals surface area contributed by atoms with Crippen LogP contribution in [0.15, 0.2) is 17.7 Å². The normalized spacial score (nSPS) is 21.2. The number of piperidine rings is 1. The Labute approximate surface area is 172 Å². The highest BCUT2D eigenvalue weighted by Crippen LogP contribution is 2.36. The molecule has 0 spiro atoms. The van der Waals surface area contributed by atoms with Crippen LogP contribution in [0.25, 0.3) is 6.08 Å². The Bertz CT molecular complexity index is 750. The molecule has 1 aliphatic carbocycles. The van der Waals surface area contributed by atoms with Gasteiger partial charge in [-0.15, -0.1) is 0 Å². The van der Waals surface area contributed by atoms with Crippen LogP contribution >= 0.6 is 11.6 Å². The minimum atomic E-state index is 0.175. The lowest BCUT2D eigenvalue weighted by Crippen LogP contribution is -2.47. The molecule has 2 heterocycles. The number of likely N-dealkylation sites (tertiary alicyclic amines) is 1. The number of amides is 1. The summed E-state index contributed by atoms with van der Waals surface area (Å²) in [4.78, 5) is 17.2. The van der Waals surface area contributed by atoms with Gasteiger partial charge in [-0.3, -0.25) is 9.69 Å². The van der Waals surface area contributed by atoms with Crippen LogP contribution in [0.5, 0.6) is 5.75 Å². The summed E-state index contributed by atoms with van der Waals surface area (Å²) < 4.78 is 10.9. The molecule has 6 heteroatoms. The summed E-state index contributed by atoms with van der Waals surface area (Å²) in [7, 11) is 1.71. The van der Waals surface area contributed by atoms with E-state index >= 15 is 0 Å². The third-order valence-electron chi connectivity index (χ3n) is 6.21. The molecule has 0 unspecified atom stereocenters. The number of hydrogen-bond acceptors (Lipinski definition) is 4. The summed E-state index contributed by atoms with van der Waals surface area (Å²) in [6.07, 6.45) is 6.16. The number of benzene rings is 1. The number of hydrogen-bond donors (Lipinski definition) is 0. The van der Waals surface area contributed by atoms with Crippen molar-refractivity contribution in [3.63, 3.8) is 0 Å². The Morgan fingerprint density at radius 3 is 2.64 bits per heavy atom. The third kappa shape index (κ3) is 4.22. The van der Waals surface area contributed by atoms with E-state index < -0.39 is 0 Å². The molecule has 0 bridgehead atoms. The second-order valence-corrected chi connectivity index (χ2v) is 8.34. The van der Waals surface area contributed by atoms with Crippen LogP contribution in [-0.4, -0.2) is 68.8 Å². The van der Waals surface area contributed by atoms with Crippen molar-refractivity contribution >= 4 is 23.6 Å². The fourth-order valence-electron chi connectivity index (χ4n) is 4.57. The fourth-order valence-corrected chi connectivity index (χ4v) is 4.81. The summed E-state index contributed by atoms with van der Waals surface area (Å²) in [5.74, 6) is 1.43. The Morgan fingerprint density at radius 1 is 1.18 bits per heavy atom. The van der Waals surface area contributed by atoms with Gasteiger partial charge < -0.3 is 14.4 Å². The molecule has 2 fully saturated rings. The summed E-state index contributed by atoms with van der Waals surface area (Å²) >= 11 is 6.44. The van der Waals surface area contributed by atoms with Crippen LogP contribution in [0.3, 0.4) is 0 Å². The van der Waals surface area contributed by atoms with Gasteiger partial charge in [-0.2, -0.15) is 0 Å². The first-order valence-electron chi connectivity index (χ1n) is 10.3. The topological polar surface area (TPSA) is 42.0 Å². The van der Waals surface area contributed by atoms with E-state index in [1.54, 1.807) is 7.11 Å². The molecule has 0 saturated carbocycles. The minimum absolute atomic E-state index is 0.175. The Balaban J connectivity index is 1.34. The summed E-state index contributed by atoms with van der Waals surface area (Å²) in [6, 6.07) is 3.87. The van der Waals surface area contributed by atoms with Gasteiger partial charge in [0.15, 0.2) is 0 Å². The SMILES string of the molecule is COc1ccc(Cl)c2c1CCC(CN1CCC(C(=O)N3CCOCC3)CC1)=C2. The van der Waals surface area contributed by atoms with Gasteiger partial charge >= 0.3 is 0 Å². The molecule has 0 atom stereocenters. The average molecular weight is 405 g/mol. The highest BCUT2D eigenvalue weighted by atomic mass is 35.5. The predicted molar refractivity (Wildman–Crippen MR) is 111 cm³/mol. The molecule has 152 valence electrons. The van der Waals surface area contributed by atoms with Crippen molar-refractivity contribution in [1.82, 2.24) is 9.80 Å². The Kier molecular flexibility index (Phi) is 6.24. The van der Waals surface area contributed by atoms with Crippen LogP contribution in [0.1, 0.15) is 30.4 Å². The first kappa shape index (κ1) is 19.7. The van der Waals surface area contributed by atoms with Gasteiger partial charge in [-0.25, -0.2) is 0 Å². The first-order valence-corrected chi connectivity index (χ1v) is 10.7. The second-order valence-electron chi connectivity index (χ2n) is 7.93. The maximum atomic E-state index is 12.7. The van der Waals surface area contributed by atoms with Crippen LogP contribution in [0.2, 0.25) is 5.02 Å². The number of methoxy groups -OCH3 is 1. The molecule has 2 saturated heterocycles. The number of rotatable bonds is 4. The largest absolute Gasteiger partial charge is 0.496 e. The molecule has 0 N–H and O–H groups in total. The van der Waals surface area contributed by atoms with E-state index in [1.807, 2.05) is 17.0 Å². The summed E-state index contributed by atoms with van der Waals surface area (Å²) in [5, 5.41) is 0.794. The smallest absolute Gasteiger partial charge is 0.225 e. The number of carbonyl (C=O) groups excluding carboxylic acids is 1. The zero-order chi connectivity index (χ0) is 19.5. The monoisotopic (exact) mass is 404 g/mol. The van der Waals surface area contributed by atoms with Crippen molar-refractivity contribution in [2.75, 3.05) is 53.0 Å². The lowest BCUT2D eigenvalue weighted by Gasteiger charge is -2.36. The van der Waals surface area contributed by atoms with Crippen molar-refractivity contribution in [2.45, 2.75) is 25.7 Å². The lowest BCUT2D eigenvalue weighted by atomic mass is 9.90. The van der Waals surface area contributed by atoms with Crippen molar-refractivity contribution in [3.8, 4) is 5.75 Å². The molecule has 0 aromatic heterocycles. The average Bonchev–Trinajstić information content (AvgIpc) is 2.75. The highest BCUT2D eigenvalue weighted by molar-refractivity contribution is 6.32. The number of nitrogens with zero attached hydrogens (tertiary/aromatic N) is 2.